The molecule has 1 heterocycles. The molecule has 1 aromatic heterocycles. The number of hydrogen-bond donors (Lipinski definition) is 1. The summed E-state index contributed by atoms with van der Waals surface area (Å²) in [6.07, 6.45) is 2.00. The molecule has 3 heteroatoms. The molecule has 1 aliphatic carbocycles. The first-order valence-corrected chi connectivity index (χ1v) is 7.03. The molecular weight excluding hydrogens is 250 g/mol. The van der Waals surface area contributed by atoms with E-state index in [1.807, 2.05) is 26.8 Å². The third kappa shape index (κ3) is 2.03. The summed E-state index contributed by atoms with van der Waals surface area (Å²) in [5, 5.41) is 3.15. The third-order valence-corrected chi connectivity index (χ3v) is 4.23. The van der Waals surface area contributed by atoms with Crippen LogP contribution in [0.1, 0.15) is 51.0 Å². The van der Waals surface area contributed by atoms with Gasteiger partial charge in [0, 0.05) is 5.56 Å². The van der Waals surface area contributed by atoms with Crippen LogP contribution in [0.3, 0.4) is 0 Å². The van der Waals surface area contributed by atoms with Crippen LogP contribution in [-0.4, -0.2) is 5.91 Å². The standard InChI is InChI=1S/C17H19NO2/c1-10-11(2)20-12(3)16(10)17(19)18-15-9-8-13-6-4-5-7-14(13)15/h4-7,15H,8-9H2,1-3H3,(H,18,19). The maximum Gasteiger partial charge on any atom is 0.255 e. The van der Waals surface area contributed by atoms with Gasteiger partial charge in [0.25, 0.3) is 5.91 Å². The summed E-state index contributed by atoms with van der Waals surface area (Å²) in [6.45, 7) is 5.67. The van der Waals surface area contributed by atoms with Gasteiger partial charge in [-0.05, 0) is 44.7 Å². The van der Waals surface area contributed by atoms with Crippen molar-refractivity contribution in [3.63, 3.8) is 0 Å². The van der Waals surface area contributed by atoms with E-state index in [4.69, 9.17) is 4.42 Å². The Kier molecular flexibility index (Phi) is 3.13. The lowest BCUT2D eigenvalue weighted by molar-refractivity contribution is 0.0934. The summed E-state index contributed by atoms with van der Waals surface area (Å²) in [7, 11) is 0. The van der Waals surface area contributed by atoms with Crippen molar-refractivity contribution in [3.05, 3.63) is 58.0 Å². The zero-order valence-corrected chi connectivity index (χ0v) is 12.1. The second kappa shape index (κ2) is 4.82. The summed E-state index contributed by atoms with van der Waals surface area (Å²) in [6, 6.07) is 8.44. The van der Waals surface area contributed by atoms with E-state index in [1.165, 1.54) is 11.1 Å². The highest BCUT2D eigenvalue weighted by Gasteiger charge is 2.26. The van der Waals surface area contributed by atoms with Crippen LogP contribution in [0, 0.1) is 20.8 Å². The molecule has 0 fully saturated rings. The molecular formula is C17H19NO2. The number of carbonyl (C=O) groups is 1. The third-order valence-electron chi connectivity index (χ3n) is 4.23. The van der Waals surface area contributed by atoms with Gasteiger partial charge in [-0.3, -0.25) is 4.79 Å². The van der Waals surface area contributed by atoms with Gasteiger partial charge in [0.15, 0.2) is 0 Å². The van der Waals surface area contributed by atoms with Crippen molar-refractivity contribution in [1.82, 2.24) is 5.32 Å². The lowest BCUT2D eigenvalue weighted by atomic mass is 10.1. The van der Waals surface area contributed by atoms with Gasteiger partial charge >= 0.3 is 0 Å². The predicted molar refractivity (Wildman–Crippen MR) is 77.9 cm³/mol. The maximum absolute atomic E-state index is 12.5. The molecule has 0 radical (unpaired) electrons. The molecule has 0 bridgehead atoms. The van der Waals surface area contributed by atoms with Gasteiger partial charge in [0.1, 0.15) is 11.5 Å². The number of aryl methyl sites for hydroxylation is 3. The van der Waals surface area contributed by atoms with Gasteiger partial charge in [-0.15, -0.1) is 0 Å². The Hall–Kier alpha value is -2.03. The number of benzene rings is 1. The van der Waals surface area contributed by atoms with Crippen molar-refractivity contribution in [1.29, 1.82) is 0 Å². The molecule has 0 saturated carbocycles. The van der Waals surface area contributed by atoms with Crippen LogP contribution in [-0.2, 0) is 6.42 Å². The van der Waals surface area contributed by atoms with Crippen molar-refractivity contribution in [2.45, 2.75) is 39.7 Å². The molecule has 0 aliphatic heterocycles. The molecule has 2 aromatic rings. The molecule has 1 aromatic carbocycles. The number of hydrogen-bond acceptors (Lipinski definition) is 2. The van der Waals surface area contributed by atoms with E-state index in [2.05, 4.69) is 23.5 Å². The van der Waals surface area contributed by atoms with Crippen LogP contribution in [0.25, 0.3) is 0 Å². The van der Waals surface area contributed by atoms with Crippen molar-refractivity contribution < 1.29 is 9.21 Å². The molecule has 1 atom stereocenters. The smallest absolute Gasteiger partial charge is 0.255 e. The van der Waals surface area contributed by atoms with E-state index >= 15 is 0 Å². The minimum Gasteiger partial charge on any atom is -0.466 e. The van der Waals surface area contributed by atoms with Crippen LogP contribution in [0.4, 0.5) is 0 Å². The summed E-state index contributed by atoms with van der Waals surface area (Å²) < 4.78 is 5.54. The number of carbonyl (C=O) groups excluding carboxylic acids is 1. The molecule has 104 valence electrons. The Morgan fingerprint density at radius 1 is 1.20 bits per heavy atom. The average Bonchev–Trinajstić information content (AvgIpc) is 2.92. The van der Waals surface area contributed by atoms with Crippen LogP contribution in [0.2, 0.25) is 0 Å². The molecule has 0 saturated heterocycles. The summed E-state index contributed by atoms with van der Waals surface area (Å²) >= 11 is 0. The highest BCUT2D eigenvalue weighted by molar-refractivity contribution is 5.97. The van der Waals surface area contributed by atoms with Gasteiger partial charge in [-0.1, -0.05) is 24.3 Å². The van der Waals surface area contributed by atoms with E-state index in [0.717, 1.165) is 24.2 Å². The molecule has 3 rings (SSSR count). The first kappa shape index (κ1) is 13.0. The monoisotopic (exact) mass is 269 g/mol. The lowest BCUT2D eigenvalue weighted by Gasteiger charge is -2.14. The zero-order valence-electron chi connectivity index (χ0n) is 12.1. The summed E-state index contributed by atoms with van der Waals surface area (Å²) in [4.78, 5) is 12.5. The second-order valence-electron chi connectivity index (χ2n) is 5.48. The van der Waals surface area contributed by atoms with E-state index in [1.54, 1.807) is 0 Å². The fraction of sp³-hybridized carbons (Fsp3) is 0.353. The minimum atomic E-state index is -0.0291. The normalized spacial score (nSPS) is 17.1. The van der Waals surface area contributed by atoms with Crippen LogP contribution in [0.5, 0.6) is 0 Å². The van der Waals surface area contributed by atoms with Crippen molar-refractivity contribution in [3.8, 4) is 0 Å². The largest absolute Gasteiger partial charge is 0.466 e. The van der Waals surface area contributed by atoms with Crippen LogP contribution >= 0.6 is 0 Å². The quantitative estimate of drug-likeness (QED) is 0.904. The highest BCUT2D eigenvalue weighted by atomic mass is 16.3. The van der Waals surface area contributed by atoms with Crippen molar-refractivity contribution >= 4 is 5.91 Å². The second-order valence-corrected chi connectivity index (χ2v) is 5.48. The Balaban J connectivity index is 1.84. The van der Waals surface area contributed by atoms with E-state index in [-0.39, 0.29) is 11.9 Å². The SMILES string of the molecule is Cc1oc(C)c(C(=O)NC2CCc3ccccc32)c1C. The van der Waals surface area contributed by atoms with Gasteiger partial charge < -0.3 is 9.73 Å². The molecule has 3 nitrogen and oxygen atoms in total. The van der Waals surface area contributed by atoms with E-state index < -0.39 is 0 Å². The zero-order chi connectivity index (χ0) is 14.3. The number of rotatable bonds is 2. The van der Waals surface area contributed by atoms with Crippen molar-refractivity contribution in [2.75, 3.05) is 0 Å². The van der Waals surface area contributed by atoms with E-state index in [9.17, 15) is 4.79 Å². The van der Waals surface area contributed by atoms with E-state index in [0.29, 0.717) is 11.3 Å². The van der Waals surface area contributed by atoms with Crippen molar-refractivity contribution in [2.24, 2.45) is 0 Å². The van der Waals surface area contributed by atoms with Gasteiger partial charge in [-0.2, -0.15) is 0 Å². The number of nitrogens with one attached hydrogen (secondary N) is 1. The fourth-order valence-electron chi connectivity index (χ4n) is 3.06. The highest BCUT2D eigenvalue weighted by Crippen LogP contribution is 2.31. The molecule has 1 aliphatic rings. The molecule has 1 N–H and O–H groups in total. The van der Waals surface area contributed by atoms with Crippen LogP contribution in [0.15, 0.2) is 28.7 Å². The number of amides is 1. The minimum absolute atomic E-state index is 0.0291. The first-order chi connectivity index (χ1) is 9.58. The fourth-order valence-corrected chi connectivity index (χ4v) is 3.06. The van der Waals surface area contributed by atoms with Gasteiger partial charge in [0.2, 0.25) is 0 Å². The molecule has 1 amide bonds. The number of furan rings is 1. The van der Waals surface area contributed by atoms with Gasteiger partial charge in [-0.25, -0.2) is 0 Å². The summed E-state index contributed by atoms with van der Waals surface area (Å²) in [5.41, 5.74) is 4.21. The molecule has 0 spiro atoms. The molecule has 20 heavy (non-hydrogen) atoms. The Labute approximate surface area is 119 Å². The summed E-state index contributed by atoms with van der Waals surface area (Å²) in [5.74, 6) is 1.49. The topological polar surface area (TPSA) is 42.2 Å². The predicted octanol–water partition coefficient (Wildman–Crippen LogP) is 3.62. The Morgan fingerprint density at radius 3 is 2.65 bits per heavy atom. The molecule has 1 unspecified atom stereocenters. The first-order valence-electron chi connectivity index (χ1n) is 7.03. The maximum atomic E-state index is 12.5. The number of fused-ring (bicyclic) bond motifs is 1. The Bertz CT molecular complexity index is 670. The Morgan fingerprint density at radius 2 is 1.95 bits per heavy atom. The average molecular weight is 269 g/mol. The van der Waals surface area contributed by atoms with Crippen LogP contribution < -0.4 is 5.32 Å². The lowest BCUT2D eigenvalue weighted by Crippen LogP contribution is -2.27. The van der Waals surface area contributed by atoms with Gasteiger partial charge in [0.05, 0.1) is 11.6 Å².